The van der Waals surface area contributed by atoms with Gasteiger partial charge in [-0.1, -0.05) is 12.1 Å². The van der Waals surface area contributed by atoms with Crippen molar-refractivity contribution in [2.24, 2.45) is 0 Å². The van der Waals surface area contributed by atoms with Crippen LogP contribution in [0.2, 0.25) is 0 Å². The molecule has 2 heterocycles. The molecule has 9 heteroatoms. The lowest BCUT2D eigenvalue weighted by molar-refractivity contribution is -0.116. The highest BCUT2D eigenvalue weighted by Gasteiger charge is 2.12. The highest BCUT2D eigenvalue weighted by molar-refractivity contribution is 5.91. The van der Waals surface area contributed by atoms with E-state index < -0.39 is 5.76 Å². The van der Waals surface area contributed by atoms with Crippen LogP contribution in [0.3, 0.4) is 0 Å². The van der Waals surface area contributed by atoms with Crippen LogP contribution in [0, 0.1) is 6.92 Å². The minimum Gasteiger partial charge on any atom is -0.408 e. The van der Waals surface area contributed by atoms with Crippen molar-refractivity contribution in [2.75, 3.05) is 22.5 Å². The SMILES string of the molecule is CCNc1cc(Nc2ccc(NC(=O)Cn3c(=O)oc4ccccc43)cc2)nc(C)n1. The Balaban J connectivity index is 1.42. The van der Waals surface area contributed by atoms with Gasteiger partial charge in [0.1, 0.15) is 24.0 Å². The van der Waals surface area contributed by atoms with Gasteiger partial charge in [0.25, 0.3) is 0 Å². The van der Waals surface area contributed by atoms with Gasteiger partial charge >= 0.3 is 5.76 Å². The summed E-state index contributed by atoms with van der Waals surface area (Å²) in [6.45, 7) is 4.47. The molecule has 4 aromatic rings. The number of carbonyl (C=O) groups excluding carboxylic acids is 1. The van der Waals surface area contributed by atoms with Crippen molar-refractivity contribution in [2.45, 2.75) is 20.4 Å². The van der Waals surface area contributed by atoms with Crippen molar-refractivity contribution in [3.05, 3.63) is 71.0 Å². The minimum absolute atomic E-state index is 0.136. The number of amides is 1. The summed E-state index contributed by atoms with van der Waals surface area (Å²) >= 11 is 0. The number of nitrogens with one attached hydrogen (secondary N) is 3. The van der Waals surface area contributed by atoms with Gasteiger partial charge in [0.2, 0.25) is 5.91 Å². The van der Waals surface area contributed by atoms with Crippen LogP contribution in [0.5, 0.6) is 0 Å². The highest BCUT2D eigenvalue weighted by Crippen LogP contribution is 2.20. The van der Waals surface area contributed by atoms with Crippen molar-refractivity contribution in [3.8, 4) is 0 Å². The summed E-state index contributed by atoms with van der Waals surface area (Å²) in [5.74, 6) is 1.20. The number of benzene rings is 2. The summed E-state index contributed by atoms with van der Waals surface area (Å²) in [5.41, 5.74) is 2.46. The second-order valence-electron chi connectivity index (χ2n) is 6.89. The smallest absolute Gasteiger partial charge is 0.408 e. The van der Waals surface area contributed by atoms with Gasteiger partial charge < -0.3 is 20.4 Å². The first-order chi connectivity index (χ1) is 15.0. The largest absolute Gasteiger partial charge is 0.420 e. The first kappa shape index (κ1) is 20.1. The zero-order chi connectivity index (χ0) is 21.8. The molecular weight excluding hydrogens is 396 g/mol. The summed E-state index contributed by atoms with van der Waals surface area (Å²) in [7, 11) is 0. The molecule has 2 aromatic heterocycles. The number of aromatic nitrogens is 3. The topological polar surface area (TPSA) is 114 Å². The molecule has 3 N–H and O–H groups in total. The van der Waals surface area contributed by atoms with Crippen molar-refractivity contribution < 1.29 is 9.21 Å². The number of aryl methyl sites for hydroxylation is 1. The van der Waals surface area contributed by atoms with Crippen molar-refractivity contribution in [3.63, 3.8) is 0 Å². The molecular formula is C22H22N6O3. The van der Waals surface area contributed by atoms with Gasteiger partial charge in [-0.3, -0.25) is 9.36 Å². The third-order valence-electron chi connectivity index (χ3n) is 4.51. The van der Waals surface area contributed by atoms with Crippen LogP contribution in [0.1, 0.15) is 12.7 Å². The van der Waals surface area contributed by atoms with Crippen LogP contribution in [0.4, 0.5) is 23.0 Å². The standard InChI is InChI=1S/C22H22N6O3/c1-3-23-19-12-20(25-14(2)24-19)26-15-8-10-16(11-9-15)27-21(29)13-28-17-6-4-5-7-18(17)31-22(28)30/h4-12H,3,13H2,1-2H3,(H,27,29)(H2,23,24,25,26). The van der Waals surface area contributed by atoms with Crippen LogP contribution in [-0.4, -0.2) is 27.0 Å². The van der Waals surface area contributed by atoms with E-state index in [1.807, 2.05) is 32.0 Å². The van der Waals surface area contributed by atoms with Gasteiger partial charge in [-0.15, -0.1) is 0 Å². The molecule has 0 bridgehead atoms. The third kappa shape index (κ3) is 4.72. The Morgan fingerprint density at radius 2 is 1.74 bits per heavy atom. The summed E-state index contributed by atoms with van der Waals surface area (Å²) in [6.07, 6.45) is 0. The van der Waals surface area contributed by atoms with E-state index >= 15 is 0 Å². The van der Waals surface area contributed by atoms with E-state index in [-0.39, 0.29) is 12.5 Å². The molecule has 0 saturated carbocycles. The fourth-order valence-electron chi connectivity index (χ4n) is 3.20. The quantitative estimate of drug-likeness (QED) is 0.421. The average Bonchev–Trinajstić information content (AvgIpc) is 3.04. The molecule has 9 nitrogen and oxygen atoms in total. The maximum absolute atomic E-state index is 12.4. The van der Waals surface area contributed by atoms with Gasteiger partial charge in [-0.25, -0.2) is 14.8 Å². The molecule has 0 aliphatic carbocycles. The fraction of sp³-hybridized carbons (Fsp3) is 0.182. The summed E-state index contributed by atoms with van der Waals surface area (Å²) < 4.78 is 6.46. The lowest BCUT2D eigenvalue weighted by Gasteiger charge is -2.10. The molecule has 0 saturated heterocycles. The Kier molecular flexibility index (Phi) is 5.65. The zero-order valence-electron chi connectivity index (χ0n) is 17.2. The maximum atomic E-state index is 12.4. The van der Waals surface area contributed by atoms with E-state index in [9.17, 15) is 9.59 Å². The molecule has 0 fully saturated rings. The van der Waals surface area contributed by atoms with E-state index in [1.54, 1.807) is 36.4 Å². The third-order valence-corrected chi connectivity index (χ3v) is 4.51. The van der Waals surface area contributed by atoms with E-state index in [1.165, 1.54) is 4.57 Å². The molecule has 158 valence electrons. The van der Waals surface area contributed by atoms with Crippen LogP contribution in [0.15, 0.2) is 63.8 Å². The fourth-order valence-corrected chi connectivity index (χ4v) is 3.20. The minimum atomic E-state index is -0.562. The van der Waals surface area contributed by atoms with Gasteiger partial charge in [-0.05, 0) is 50.2 Å². The number of oxazole rings is 1. The number of fused-ring (bicyclic) bond motifs is 1. The van der Waals surface area contributed by atoms with Gasteiger partial charge in [0.05, 0.1) is 5.52 Å². The van der Waals surface area contributed by atoms with Crippen molar-refractivity contribution in [1.82, 2.24) is 14.5 Å². The monoisotopic (exact) mass is 418 g/mol. The lowest BCUT2D eigenvalue weighted by Crippen LogP contribution is -2.24. The maximum Gasteiger partial charge on any atom is 0.420 e. The van der Waals surface area contributed by atoms with E-state index in [0.717, 1.165) is 18.1 Å². The molecule has 0 unspecified atom stereocenters. The number of nitrogens with zero attached hydrogens (tertiary/aromatic N) is 3. The molecule has 31 heavy (non-hydrogen) atoms. The molecule has 0 aliphatic heterocycles. The number of anilines is 4. The highest BCUT2D eigenvalue weighted by atomic mass is 16.4. The molecule has 4 rings (SSSR count). The molecule has 0 spiro atoms. The number of carbonyl (C=O) groups is 1. The van der Waals surface area contributed by atoms with E-state index in [0.29, 0.717) is 28.4 Å². The Morgan fingerprint density at radius 1 is 1.03 bits per heavy atom. The van der Waals surface area contributed by atoms with Crippen LogP contribution in [0.25, 0.3) is 11.1 Å². The Bertz CT molecular complexity index is 1280. The second-order valence-corrected chi connectivity index (χ2v) is 6.89. The number of para-hydroxylation sites is 2. The van der Waals surface area contributed by atoms with Crippen molar-refractivity contribution in [1.29, 1.82) is 0 Å². The summed E-state index contributed by atoms with van der Waals surface area (Å²) in [5, 5.41) is 9.19. The van der Waals surface area contributed by atoms with Gasteiger partial charge in [0.15, 0.2) is 5.58 Å². The Hall–Kier alpha value is -4.14. The van der Waals surface area contributed by atoms with Gasteiger partial charge in [0, 0.05) is 24.0 Å². The van der Waals surface area contributed by atoms with Crippen LogP contribution in [-0.2, 0) is 11.3 Å². The summed E-state index contributed by atoms with van der Waals surface area (Å²) in [4.78, 5) is 33.2. The number of hydrogen-bond acceptors (Lipinski definition) is 7. The average molecular weight is 418 g/mol. The Labute approximate surface area is 178 Å². The Morgan fingerprint density at radius 3 is 2.52 bits per heavy atom. The molecule has 0 radical (unpaired) electrons. The molecule has 2 aromatic carbocycles. The molecule has 0 aliphatic rings. The number of rotatable bonds is 7. The van der Waals surface area contributed by atoms with Gasteiger partial charge in [-0.2, -0.15) is 0 Å². The van der Waals surface area contributed by atoms with E-state index in [2.05, 4.69) is 25.9 Å². The molecule has 1 amide bonds. The second kappa shape index (κ2) is 8.70. The van der Waals surface area contributed by atoms with Crippen molar-refractivity contribution >= 4 is 40.0 Å². The lowest BCUT2D eigenvalue weighted by atomic mass is 10.2. The zero-order valence-corrected chi connectivity index (χ0v) is 17.2. The number of hydrogen-bond donors (Lipinski definition) is 3. The predicted molar refractivity (Wildman–Crippen MR) is 120 cm³/mol. The first-order valence-electron chi connectivity index (χ1n) is 9.86. The normalized spacial score (nSPS) is 10.8. The van der Waals surface area contributed by atoms with Crippen LogP contribution < -0.4 is 21.7 Å². The van der Waals surface area contributed by atoms with Crippen LogP contribution >= 0.6 is 0 Å². The summed E-state index contributed by atoms with van der Waals surface area (Å²) in [6, 6.07) is 16.0. The molecule has 0 atom stereocenters. The first-order valence-corrected chi connectivity index (χ1v) is 9.86. The van der Waals surface area contributed by atoms with E-state index in [4.69, 9.17) is 4.42 Å². The predicted octanol–water partition coefficient (Wildman–Crippen LogP) is 3.51.